The van der Waals surface area contributed by atoms with Crippen LogP contribution in [0.3, 0.4) is 0 Å². The largest absolute Gasteiger partial charge is 0.492 e. The van der Waals surface area contributed by atoms with Gasteiger partial charge in [-0.25, -0.2) is 9.18 Å². The molecule has 1 unspecified atom stereocenters. The average Bonchev–Trinajstić information content (AvgIpc) is 2.37. The van der Waals surface area contributed by atoms with Crippen molar-refractivity contribution >= 4 is 5.97 Å². The fourth-order valence-corrected chi connectivity index (χ4v) is 2.11. The molecule has 0 spiro atoms. The van der Waals surface area contributed by atoms with Crippen molar-refractivity contribution in [1.29, 1.82) is 0 Å². The highest BCUT2D eigenvalue weighted by atomic mass is 19.1. The Morgan fingerprint density at radius 2 is 2.39 bits per heavy atom. The van der Waals surface area contributed by atoms with Gasteiger partial charge in [-0.2, -0.15) is 0 Å². The van der Waals surface area contributed by atoms with E-state index in [-0.39, 0.29) is 11.3 Å². The Morgan fingerprint density at radius 3 is 3.06 bits per heavy atom. The van der Waals surface area contributed by atoms with Crippen molar-refractivity contribution in [2.24, 2.45) is 5.92 Å². The number of rotatable bonds is 4. The SMILES string of the molecule is O=C(O)c1c(F)cccc1OCC1CCCNC1. The molecule has 1 heterocycles. The normalized spacial score (nSPS) is 19.5. The van der Waals surface area contributed by atoms with Gasteiger partial charge in [0.05, 0.1) is 6.61 Å². The summed E-state index contributed by atoms with van der Waals surface area (Å²) in [5.41, 5.74) is -0.388. The maximum Gasteiger partial charge on any atom is 0.342 e. The van der Waals surface area contributed by atoms with Crippen LogP contribution in [0.4, 0.5) is 4.39 Å². The summed E-state index contributed by atoms with van der Waals surface area (Å²) in [7, 11) is 0. The molecule has 98 valence electrons. The Morgan fingerprint density at radius 1 is 1.56 bits per heavy atom. The van der Waals surface area contributed by atoms with Gasteiger partial charge >= 0.3 is 5.97 Å². The van der Waals surface area contributed by atoms with Crippen molar-refractivity contribution < 1.29 is 19.0 Å². The van der Waals surface area contributed by atoms with Gasteiger partial charge < -0.3 is 15.2 Å². The Balaban J connectivity index is 2.04. The van der Waals surface area contributed by atoms with Gasteiger partial charge in [0.15, 0.2) is 0 Å². The molecule has 2 N–H and O–H groups in total. The zero-order chi connectivity index (χ0) is 13.0. The summed E-state index contributed by atoms with van der Waals surface area (Å²) in [6.07, 6.45) is 2.13. The lowest BCUT2D eigenvalue weighted by Gasteiger charge is -2.23. The minimum atomic E-state index is -1.30. The van der Waals surface area contributed by atoms with Crippen LogP contribution in [0.1, 0.15) is 23.2 Å². The van der Waals surface area contributed by atoms with E-state index < -0.39 is 11.8 Å². The minimum Gasteiger partial charge on any atom is -0.492 e. The molecular formula is C13H16FNO3. The van der Waals surface area contributed by atoms with Gasteiger partial charge in [-0.05, 0) is 31.5 Å². The van der Waals surface area contributed by atoms with E-state index in [1.165, 1.54) is 12.1 Å². The lowest BCUT2D eigenvalue weighted by Crippen LogP contribution is -2.33. The van der Waals surface area contributed by atoms with E-state index in [4.69, 9.17) is 9.84 Å². The van der Waals surface area contributed by atoms with E-state index in [0.29, 0.717) is 12.5 Å². The number of aromatic carboxylic acids is 1. The van der Waals surface area contributed by atoms with Gasteiger partial charge in [0, 0.05) is 12.5 Å². The van der Waals surface area contributed by atoms with Crippen LogP contribution in [0.15, 0.2) is 18.2 Å². The molecule has 0 saturated carbocycles. The van der Waals surface area contributed by atoms with Crippen LogP contribution in [-0.4, -0.2) is 30.8 Å². The zero-order valence-corrected chi connectivity index (χ0v) is 9.99. The molecule has 1 aliphatic heterocycles. The number of ether oxygens (including phenoxy) is 1. The molecule has 1 aliphatic rings. The first kappa shape index (κ1) is 12.8. The molecule has 1 fully saturated rings. The summed E-state index contributed by atoms with van der Waals surface area (Å²) in [6.45, 7) is 2.28. The molecule has 0 aliphatic carbocycles. The first-order valence-electron chi connectivity index (χ1n) is 6.04. The molecule has 5 heteroatoms. The Hall–Kier alpha value is -1.62. The average molecular weight is 253 g/mol. The van der Waals surface area contributed by atoms with E-state index in [0.717, 1.165) is 32.0 Å². The number of carboxylic acid groups (broad SMARTS) is 1. The maximum atomic E-state index is 13.4. The lowest BCUT2D eigenvalue weighted by atomic mass is 10.0. The van der Waals surface area contributed by atoms with Gasteiger partial charge in [-0.15, -0.1) is 0 Å². The number of halogens is 1. The van der Waals surface area contributed by atoms with Crippen LogP contribution in [0.2, 0.25) is 0 Å². The number of piperidine rings is 1. The maximum absolute atomic E-state index is 13.4. The molecule has 18 heavy (non-hydrogen) atoms. The number of hydrogen-bond donors (Lipinski definition) is 2. The summed E-state index contributed by atoms with van der Waals surface area (Å²) in [5.74, 6) is -1.61. The Kier molecular flexibility index (Phi) is 4.15. The van der Waals surface area contributed by atoms with Gasteiger partial charge in [0.1, 0.15) is 17.1 Å². The Bertz CT molecular complexity index is 430. The summed E-state index contributed by atoms with van der Waals surface area (Å²) in [6, 6.07) is 4.07. The minimum absolute atomic E-state index is 0.105. The third kappa shape index (κ3) is 2.98. The third-order valence-corrected chi connectivity index (χ3v) is 3.06. The van der Waals surface area contributed by atoms with E-state index in [1.807, 2.05) is 0 Å². The standard InChI is InChI=1S/C13H16FNO3/c14-10-4-1-5-11(12(10)13(16)17)18-8-9-3-2-6-15-7-9/h1,4-5,9,15H,2-3,6-8H2,(H,16,17). The summed E-state index contributed by atoms with van der Waals surface area (Å²) in [4.78, 5) is 11.0. The second kappa shape index (κ2) is 5.82. The van der Waals surface area contributed by atoms with E-state index in [2.05, 4.69) is 5.32 Å². The number of benzene rings is 1. The molecule has 0 radical (unpaired) electrons. The first-order valence-corrected chi connectivity index (χ1v) is 6.04. The molecule has 0 aromatic heterocycles. The highest BCUT2D eigenvalue weighted by molar-refractivity contribution is 5.91. The van der Waals surface area contributed by atoms with Crippen molar-refractivity contribution in [2.75, 3.05) is 19.7 Å². The molecule has 1 atom stereocenters. The molecule has 1 saturated heterocycles. The molecule has 0 bridgehead atoms. The molecule has 2 rings (SSSR count). The second-order valence-corrected chi connectivity index (χ2v) is 4.44. The van der Waals surface area contributed by atoms with Gasteiger partial charge in [0.2, 0.25) is 0 Å². The number of carboxylic acids is 1. The smallest absolute Gasteiger partial charge is 0.342 e. The summed E-state index contributed by atoms with van der Waals surface area (Å²) < 4.78 is 18.9. The van der Waals surface area contributed by atoms with Crippen LogP contribution >= 0.6 is 0 Å². The monoisotopic (exact) mass is 253 g/mol. The molecular weight excluding hydrogens is 237 g/mol. The lowest BCUT2D eigenvalue weighted by molar-refractivity contribution is 0.0685. The number of hydrogen-bond acceptors (Lipinski definition) is 3. The summed E-state index contributed by atoms with van der Waals surface area (Å²) >= 11 is 0. The van der Waals surface area contributed by atoms with Crippen molar-refractivity contribution in [3.8, 4) is 5.75 Å². The van der Waals surface area contributed by atoms with E-state index >= 15 is 0 Å². The van der Waals surface area contributed by atoms with Gasteiger partial charge in [0.25, 0.3) is 0 Å². The quantitative estimate of drug-likeness (QED) is 0.860. The highest BCUT2D eigenvalue weighted by Crippen LogP contribution is 2.22. The van der Waals surface area contributed by atoms with Crippen molar-refractivity contribution in [3.63, 3.8) is 0 Å². The molecule has 0 amide bonds. The fraction of sp³-hybridized carbons (Fsp3) is 0.462. The third-order valence-electron chi connectivity index (χ3n) is 3.06. The van der Waals surface area contributed by atoms with Gasteiger partial charge in [-0.1, -0.05) is 6.07 Å². The van der Waals surface area contributed by atoms with Crippen LogP contribution < -0.4 is 10.1 Å². The number of nitrogens with one attached hydrogen (secondary N) is 1. The summed E-state index contributed by atoms with van der Waals surface area (Å²) in [5, 5.41) is 12.2. The molecule has 1 aromatic carbocycles. The number of carbonyl (C=O) groups is 1. The van der Waals surface area contributed by atoms with Crippen molar-refractivity contribution in [1.82, 2.24) is 5.32 Å². The Labute approximate surface area is 105 Å². The topological polar surface area (TPSA) is 58.6 Å². The van der Waals surface area contributed by atoms with Gasteiger partial charge in [-0.3, -0.25) is 0 Å². The van der Waals surface area contributed by atoms with Crippen LogP contribution in [0, 0.1) is 11.7 Å². The predicted molar refractivity (Wildman–Crippen MR) is 64.4 cm³/mol. The zero-order valence-electron chi connectivity index (χ0n) is 9.99. The van der Waals surface area contributed by atoms with E-state index in [9.17, 15) is 9.18 Å². The predicted octanol–water partition coefficient (Wildman–Crippen LogP) is 1.90. The second-order valence-electron chi connectivity index (χ2n) is 4.44. The van der Waals surface area contributed by atoms with E-state index in [1.54, 1.807) is 0 Å². The van der Waals surface area contributed by atoms with Crippen molar-refractivity contribution in [3.05, 3.63) is 29.6 Å². The first-order chi connectivity index (χ1) is 8.68. The fourth-order valence-electron chi connectivity index (χ4n) is 2.11. The molecule has 1 aromatic rings. The van der Waals surface area contributed by atoms with Crippen LogP contribution in [0.5, 0.6) is 5.75 Å². The van der Waals surface area contributed by atoms with Crippen LogP contribution in [-0.2, 0) is 0 Å². The highest BCUT2D eigenvalue weighted by Gasteiger charge is 2.19. The molecule has 4 nitrogen and oxygen atoms in total. The van der Waals surface area contributed by atoms with Crippen LogP contribution in [0.25, 0.3) is 0 Å². The van der Waals surface area contributed by atoms with Crippen molar-refractivity contribution in [2.45, 2.75) is 12.8 Å².